The molecule has 92 heavy (non-hydrogen) atoms. The second-order valence-electron chi connectivity index (χ2n) is 24.3. The number of aryl methyl sites for hydroxylation is 4. The summed E-state index contributed by atoms with van der Waals surface area (Å²) in [7, 11) is 6.75. The minimum Gasteiger partial charge on any atom is -0.481 e. The molecule has 0 saturated carbocycles. The summed E-state index contributed by atoms with van der Waals surface area (Å²) in [6.07, 6.45) is -9.08. The van der Waals surface area contributed by atoms with Crippen molar-refractivity contribution in [3.8, 4) is 22.3 Å². The molecule has 0 aliphatic rings. The molecule has 0 spiro atoms. The number of aromatic nitrogens is 2. The molecule has 6 rings (SSSR count). The van der Waals surface area contributed by atoms with Crippen LogP contribution in [-0.2, 0) is 49.1 Å². The molecular weight excluding hydrogens is 1220 g/mol. The van der Waals surface area contributed by atoms with Crippen molar-refractivity contribution in [1.29, 1.82) is 0 Å². The summed E-state index contributed by atoms with van der Waals surface area (Å²) in [6, 6.07) is 10.7. The fraction of sp³-hybridized carbons (Fsp3) is 0.441. The van der Waals surface area contributed by atoms with E-state index in [1.165, 1.54) is 12.1 Å². The van der Waals surface area contributed by atoms with E-state index >= 15 is 17.6 Å². The van der Waals surface area contributed by atoms with E-state index in [1.54, 1.807) is 105 Å². The Bertz CT molecular complexity index is 3700. The van der Waals surface area contributed by atoms with Gasteiger partial charge in [-0.2, -0.15) is 26.3 Å². The first-order valence-corrected chi connectivity index (χ1v) is 29.9. The Labute approximate surface area is 528 Å². The number of pyridine rings is 2. The van der Waals surface area contributed by atoms with Crippen molar-refractivity contribution in [2.45, 2.75) is 137 Å². The number of hydrogen-bond acceptors (Lipinski definition) is 9. The van der Waals surface area contributed by atoms with E-state index < -0.39 is 124 Å². The lowest BCUT2D eigenvalue weighted by Gasteiger charge is -2.27. The normalized spacial score (nSPS) is 13.2. The van der Waals surface area contributed by atoms with Gasteiger partial charge >= 0.3 is 24.3 Å². The quantitative estimate of drug-likeness (QED) is 0.0370. The van der Waals surface area contributed by atoms with Gasteiger partial charge in [-0.25, -0.2) is 17.6 Å². The van der Waals surface area contributed by atoms with Crippen LogP contribution in [0.2, 0.25) is 0 Å². The summed E-state index contributed by atoms with van der Waals surface area (Å²) >= 11 is 0. The number of ether oxygens (including phenoxy) is 1. The summed E-state index contributed by atoms with van der Waals surface area (Å²) < 4.78 is 151. The van der Waals surface area contributed by atoms with Gasteiger partial charge in [-0.1, -0.05) is 64.1 Å². The number of likely N-dealkylation sites (N-methyl/N-ethyl adjacent to an activating group) is 2. The second-order valence-corrected chi connectivity index (χ2v) is 24.3. The Morgan fingerprint density at radius 3 is 1.22 bits per heavy atom. The molecule has 4 aromatic carbocycles. The van der Waals surface area contributed by atoms with E-state index in [1.807, 2.05) is 32.0 Å². The summed E-state index contributed by atoms with van der Waals surface area (Å²) in [5.74, 6) is -9.54. The van der Waals surface area contributed by atoms with Crippen molar-refractivity contribution in [3.05, 3.63) is 185 Å². The van der Waals surface area contributed by atoms with Crippen molar-refractivity contribution in [1.82, 2.24) is 29.6 Å². The number of carbonyl (C=O) groups excluding carboxylic acids is 3. The highest BCUT2D eigenvalue weighted by Crippen LogP contribution is 2.38. The van der Waals surface area contributed by atoms with Crippen LogP contribution >= 0.6 is 0 Å². The number of nitrogens with zero attached hydrogens (tertiary/aromatic N) is 4. The maximum absolute atomic E-state index is 15.5. The van der Waals surface area contributed by atoms with Gasteiger partial charge < -0.3 is 39.4 Å². The molecule has 0 aliphatic heterocycles. The minimum absolute atomic E-state index is 0.00850. The Hall–Kier alpha value is -8.12. The largest absolute Gasteiger partial charge is 0.481 e. The second kappa shape index (κ2) is 31.9. The third-order valence-corrected chi connectivity index (χ3v) is 15.4. The zero-order chi connectivity index (χ0) is 69.0. The van der Waals surface area contributed by atoms with Crippen LogP contribution in [0.1, 0.15) is 140 Å². The molecule has 3 N–H and O–H groups in total. The molecule has 2 amide bonds. The number of hydrogen-bond donors (Lipinski definition) is 3. The molecule has 2 unspecified atom stereocenters. The third-order valence-electron chi connectivity index (χ3n) is 15.4. The Kier molecular flexibility index (Phi) is 25.9. The zero-order valence-corrected chi connectivity index (χ0v) is 53.8. The molecule has 2 heterocycles. The van der Waals surface area contributed by atoms with Gasteiger partial charge in [0, 0.05) is 48.7 Å². The number of halogens is 10. The number of esters is 1. The van der Waals surface area contributed by atoms with Crippen LogP contribution in [0.15, 0.2) is 94.8 Å². The highest BCUT2D eigenvalue weighted by atomic mass is 19.4. The number of aliphatic carboxylic acids is 1. The van der Waals surface area contributed by atoms with Crippen LogP contribution in [0.4, 0.5) is 43.9 Å². The molecule has 0 bridgehead atoms. The van der Waals surface area contributed by atoms with Gasteiger partial charge in [0.2, 0.25) is 11.8 Å². The van der Waals surface area contributed by atoms with E-state index in [-0.39, 0.29) is 79.5 Å². The van der Waals surface area contributed by atoms with Crippen LogP contribution in [0, 0.1) is 62.8 Å². The van der Waals surface area contributed by atoms with Crippen molar-refractivity contribution in [3.63, 3.8) is 0 Å². The maximum atomic E-state index is 15.5. The van der Waals surface area contributed by atoms with Crippen LogP contribution in [0.3, 0.4) is 0 Å². The average Bonchev–Trinajstić information content (AvgIpc) is 0.808. The van der Waals surface area contributed by atoms with Crippen molar-refractivity contribution >= 4 is 23.8 Å². The third kappa shape index (κ3) is 19.7. The average molecular weight is 1300 g/mol. The number of alkyl halides is 6. The topological polar surface area (TPSA) is 172 Å². The van der Waals surface area contributed by atoms with E-state index in [2.05, 4.69) is 10.6 Å². The number of amides is 2. The SMILES string of the molecule is CCOC(=O)C[C@H](NC(=O)C(CC(C)C)n1cc(CCN(C)C)c(C(F)(F)F)cc1=O)c1cc(-c2c(C)cccc2C)cc(F)c1F.Cc1cccc(C)c1-c1cc(F)c(F)c([C@H](CC(=O)O)NC(=O)C(CC(C)C)n2cc(CCN(C)C)c(C(F)(F)F)cc2=O)c1. The predicted octanol–water partition coefficient (Wildman–Crippen LogP) is 13.4. The predicted molar refractivity (Wildman–Crippen MR) is 331 cm³/mol. The van der Waals surface area contributed by atoms with E-state index in [0.29, 0.717) is 28.8 Å². The van der Waals surface area contributed by atoms with Gasteiger partial charge in [-0.15, -0.1) is 0 Å². The molecule has 0 fully saturated rings. The summed E-state index contributed by atoms with van der Waals surface area (Å²) in [4.78, 5) is 82.0. The monoisotopic (exact) mass is 1300 g/mol. The van der Waals surface area contributed by atoms with E-state index in [4.69, 9.17) is 4.74 Å². The molecule has 0 radical (unpaired) electrons. The number of carboxylic acid groups (broad SMARTS) is 1. The Morgan fingerprint density at radius 2 is 0.913 bits per heavy atom. The molecule has 14 nitrogen and oxygen atoms in total. The number of carboxylic acids is 1. The van der Waals surface area contributed by atoms with Gasteiger partial charge in [0.25, 0.3) is 11.1 Å². The molecule has 0 saturated heterocycles. The standard InChI is InChI=1S/C35H42F5N3O4.C33H38F5N3O4/c1-8-47-31(45)18-28(25-15-24(16-27(36)33(25)37)32-21(4)10-9-11-22(32)5)41-34(46)29(14-20(2)3)43-19-23(12-13-42(6)7)26(17-30(43)44)35(38,39)40;1-18(2)12-27(41-17-21(10-11-40(5)6)24(15-28(41)42)33(36,37)38)32(45)39-26(16-29(43)44)23-13-22(14-25(34)31(23)35)30-19(3)8-7-9-20(30)4/h9-11,15-17,19-20,28-29H,8,12-14,18H2,1-7H3,(H,41,46);7-9,13-15,17-18,26-27H,10-12,16H2,1-6H3,(H,39,45)(H,43,44)/t28-,29?;26-,27?/m00/s1. The minimum atomic E-state index is -4.82. The summed E-state index contributed by atoms with van der Waals surface area (Å²) in [6.45, 7) is 16.2. The van der Waals surface area contributed by atoms with Gasteiger partial charge in [0.1, 0.15) is 12.1 Å². The highest BCUT2D eigenvalue weighted by Gasteiger charge is 2.38. The first-order chi connectivity index (χ1) is 42.8. The van der Waals surface area contributed by atoms with Gasteiger partial charge in [-0.3, -0.25) is 28.8 Å². The lowest BCUT2D eigenvalue weighted by Crippen LogP contribution is -2.41. The number of rotatable bonds is 25. The fourth-order valence-electron chi connectivity index (χ4n) is 11.0. The van der Waals surface area contributed by atoms with Crippen molar-refractivity contribution in [2.24, 2.45) is 11.8 Å². The molecule has 0 aliphatic carbocycles. The fourth-order valence-corrected chi connectivity index (χ4v) is 11.0. The Morgan fingerprint density at radius 1 is 0.565 bits per heavy atom. The lowest BCUT2D eigenvalue weighted by molar-refractivity contribution is -0.144. The van der Waals surface area contributed by atoms with Crippen LogP contribution in [-0.4, -0.2) is 95.7 Å². The molecule has 6 aromatic rings. The van der Waals surface area contributed by atoms with Gasteiger partial charge in [-0.05, 0) is 180 Å². The van der Waals surface area contributed by atoms with Crippen molar-refractivity contribution < 1.29 is 72.9 Å². The number of nitrogens with one attached hydrogen (secondary N) is 2. The Balaban J connectivity index is 0.000000334. The summed E-state index contributed by atoms with van der Waals surface area (Å²) in [5, 5.41) is 14.7. The molecule has 500 valence electrons. The van der Waals surface area contributed by atoms with E-state index in [9.17, 15) is 60.2 Å². The zero-order valence-electron chi connectivity index (χ0n) is 53.8. The first kappa shape index (κ1) is 74.6. The summed E-state index contributed by atoms with van der Waals surface area (Å²) in [5.41, 5.74) is -0.514. The molecule has 4 atom stereocenters. The lowest BCUT2D eigenvalue weighted by atomic mass is 9.92. The van der Waals surface area contributed by atoms with Gasteiger partial charge in [0.15, 0.2) is 23.3 Å². The van der Waals surface area contributed by atoms with Crippen LogP contribution in [0.5, 0.6) is 0 Å². The maximum Gasteiger partial charge on any atom is 0.416 e. The number of benzene rings is 4. The first-order valence-electron chi connectivity index (χ1n) is 29.9. The molecule has 2 aromatic heterocycles. The molecule has 24 heteroatoms. The van der Waals surface area contributed by atoms with E-state index in [0.717, 1.165) is 55.9 Å². The highest BCUT2D eigenvalue weighted by molar-refractivity contribution is 5.83. The van der Waals surface area contributed by atoms with Crippen LogP contribution in [0.25, 0.3) is 22.3 Å². The molecular formula is C68H80F10N6O8. The van der Waals surface area contributed by atoms with Crippen LogP contribution < -0.4 is 21.8 Å². The van der Waals surface area contributed by atoms with Crippen molar-refractivity contribution in [2.75, 3.05) is 47.9 Å². The van der Waals surface area contributed by atoms with Gasteiger partial charge in [0.05, 0.1) is 42.7 Å². The number of carbonyl (C=O) groups is 4. The smallest absolute Gasteiger partial charge is 0.416 e.